The van der Waals surface area contributed by atoms with Crippen LogP contribution in [0.1, 0.15) is 20.7 Å². The van der Waals surface area contributed by atoms with Gasteiger partial charge in [-0.25, -0.2) is 0 Å². The van der Waals surface area contributed by atoms with Gasteiger partial charge in [-0.15, -0.1) is 0 Å². The monoisotopic (exact) mass is 332 g/mol. The number of aliphatic hydroxyl groups is 1. The molecule has 0 saturated heterocycles. The fourth-order valence-electron chi connectivity index (χ4n) is 2.39. The Hall–Kier alpha value is -3.31. The van der Waals surface area contributed by atoms with Crippen molar-refractivity contribution in [2.24, 2.45) is 0 Å². The first kappa shape index (κ1) is 16.5. The van der Waals surface area contributed by atoms with Gasteiger partial charge in [-0.05, 0) is 36.4 Å². The Morgan fingerprint density at radius 1 is 0.920 bits per heavy atom. The van der Waals surface area contributed by atoms with Gasteiger partial charge in [0, 0.05) is 28.6 Å². The first-order valence-corrected chi connectivity index (χ1v) is 7.74. The average Bonchev–Trinajstić information content (AvgIpc) is 2.68. The van der Waals surface area contributed by atoms with Crippen molar-refractivity contribution in [1.29, 1.82) is 0 Å². The van der Waals surface area contributed by atoms with Crippen LogP contribution in [0.25, 0.3) is 11.3 Å². The molecule has 0 bridgehead atoms. The van der Waals surface area contributed by atoms with Gasteiger partial charge in [0.15, 0.2) is 5.78 Å². The smallest absolute Gasteiger partial charge is 0.255 e. The Balaban J connectivity index is 1.76. The molecule has 3 rings (SSSR count). The summed E-state index contributed by atoms with van der Waals surface area (Å²) in [6.45, 7) is -0.550. The van der Waals surface area contributed by atoms with Crippen LogP contribution in [0.4, 0.5) is 5.69 Å². The van der Waals surface area contributed by atoms with Gasteiger partial charge in [-0.3, -0.25) is 14.6 Å². The fraction of sp³-hybridized carbons (Fsp3) is 0.0500. The van der Waals surface area contributed by atoms with E-state index in [9.17, 15) is 9.59 Å². The molecule has 2 N–H and O–H groups in total. The maximum Gasteiger partial charge on any atom is 0.255 e. The van der Waals surface area contributed by atoms with E-state index >= 15 is 0 Å². The number of aliphatic hydroxyl groups excluding tert-OH is 1. The number of Topliss-reactive ketones (excluding diaryl/α,β-unsaturated/α-hetero) is 1. The largest absolute Gasteiger partial charge is 0.388 e. The summed E-state index contributed by atoms with van der Waals surface area (Å²) in [5, 5.41) is 11.7. The summed E-state index contributed by atoms with van der Waals surface area (Å²) in [4.78, 5) is 28.0. The van der Waals surface area contributed by atoms with Crippen LogP contribution in [-0.4, -0.2) is 28.4 Å². The van der Waals surface area contributed by atoms with Gasteiger partial charge in [-0.1, -0.05) is 30.3 Å². The highest BCUT2D eigenvalue weighted by Gasteiger charge is 2.09. The lowest BCUT2D eigenvalue weighted by Crippen LogP contribution is -2.12. The van der Waals surface area contributed by atoms with Crippen LogP contribution in [0.3, 0.4) is 0 Å². The Labute approximate surface area is 145 Å². The lowest BCUT2D eigenvalue weighted by molar-refractivity contribution is 0.0903. The van der Waals surface area contributed by atoms with Crippen molar-refractivity contribution in [3.63, 3.8) is 0 Å². The van der Waals surface area contributed by atoms with Crippen LogP contribution < -0.4 is 5.32 Å². The number of amides is 1. The minimum absolute atomic E-state index is 0.277. The Kier molecular flexibility index (Phi) is 4.97. The molecule has 1 heterocycles. The zero-order chi connectivity index (χ0) is 17.6. The molecular weight excluding hydrogens is 316 g/mol. The molecule has 0 aliphatic carbocycles. The first-order chi connectivity index (χ1) is 12.2. The van der Waals surface area contributed by atoms with Crippen molar-refractivity contribution >= 4 is 17.4 Å². The Morgan fingerprint density at radius 3 is 2.36 bits per heavy atom. The SMILES string of the molecule is O=C(CO)c1ccc(C(=O)Nc2cccc(-c3ccccn3)c2)cc1. The quantitative estimate of drug-likeness (QED) is 0.703. The summed E-state index contributed by atoms with van der Waals surface area (Å²) in [6, 6.07) is 19.2. The zero-order valence-electron chi connectivity index (χ0n) is 13.3. The van der Waals surface area contributed by atoms with Gasteiger partial charge in [-0.2, -0.15) is 0 Å². The zero-order valence-corrected chi connectivity index (χ0v) is 13.3. The predicted octanol–water partition coefficient (Wildman–Crippen LogP) is 3.18. The minimum atomic E-state index is -0.550. The number of rotatable bonds is 5. The van der Waals surface area contributed by atoms with Crippen LogP contribution in [0, 0.1) is 0 Å². The van der Waals surface area contributed by atoms with Crippen LogP contribution >= 0.6 is 0 Å². The van der Waals surface area contributed by atoms with Gasteiger partial charge in [0.2, 0.25) is 0 Å². The summed E-state index contributed by atoms with van der Waals surface area (Å²) < 4.78 is 0. The molecular formula is C20H16N2O3. The van der Waals surface area contributed by atoms with Crippen molar-refractivity contribution in [3.8, 4) is 11.3 Å². The number of aromatic nitrogens is 1. The van der Waals surface area contributed by atoms with Crippen molar-refractivity contribution in [2.75, 3.05) is 11.9 Å². The first-order valence-electron chi connectivity index (χ1n) is 7.74. The number of hydrogen-bond donors (Lipinski definition) is 2. The molecule has 0 fully saturated rings. The summed E-state index contributed by atoms with van der Waals surface area (Å²) in [5.41, 5.74) is 3.19. The number of nitrogens with zero attached hydrogens (tertiary/aromatic N) is 1. The van der Waals surface area contributed by atoms with Crippen LogP contribution in [0.2, 0.25) is 0 Å². The molecule has 5 heteroatoms. The van der Waals surface area contributed by atoms with Crippen molar-refractivity contribution in [3.05, 3.63) is 84.1 Å². The van der Waals surface area contributed by atoms with Gasteiger partial charge >= 0.3 is 0 Å². The normalized spacial score (nSPS) is 10.3. The minimum Gasteiger partial charge on any atom is -0.388 e. The number of pyridine rings is 1. The van der Waals surface area contributed by atoms with Crippen LogP contribution in [0.15, 0.2) is 72.9 Å². The lowest BCUT2D eigenvalue weighted by Gasteiger charge is -2.08. The molecule has 0 spiro atoms. The molecule has 3 aromatic rings. The number of anilines is 1. The summed E-state index contributed by atoms with van der Waals surface area (Å²) in [7, 11) is 0. The molecule has 0 radical (unpaired) electrons. The maximum atomic E-state index is 12.4. The molecule has 0 aliphatic heterocycles. The van der Waals surface area contributed by atoms with E-state index in [-0.39, 0.29) is 11.7 Å². The topological polar surface area (TPSA) is 79.3 Å². The van der Waals surface area contributed by atoms with E-state index in [0.717, 1.165) is 11.3 Å². The average molecular weight is 332 g/mol. The van der Waals surface area contributed by atoms with Crippen LogP contribution in [0.5, 0.6) is 0 Å². The molecule has 2 aromatic carbocycles. The number of carbonyl (C=O) groups excluding carboxylic acids is 2. The summed E-state index contributed by atoms with van der Waals surface area (Å²) in [6.07, 6.45) is 1.72. The van der Waals surface area contributed by atoms with Crippen molar-refractivity contribution in [1.82, 2.24) is 4.98 Å². The third kappa shape index (κ3) is 3.97. The van der Waals surface area contributed by atoms with Crippen molar-refractivity contribution in [2.45, 2.75) is 0 Å². The number of ketones is 1. The van der Waals surface area contributed by atoms with E-state index in [1.165, 1.54) is 12.1 Å². The Bertz CT molecular complexity index is 890. The predicted molar refractivity (Wildman–Crippen MR) is 95.5 cm³/mol. The molecule has 1 amide bonds. The third-order valence-corrected chi connectivity index (χ3v) is 3.69. The van der Waals surface area contributed by atoms with E-state index in [1.807, 2.05) is 36.4 Å². The third-order valence-electron chi connectivity index (χ3n) is 3.69. The number of carbonyl (C=O) groups is 2. The van der Waals surface area contributed by atoms with Gasteiger partial charge < -0.3 is 10.4 Å². The molecule has 5 nitrogen and oxygen atoms in total. The van der Waals surface area contributed by atoms with Gasteiger partial charge in [0.25, 0.3) is 5.91 Å². The number of nitrogens with one attached hydrogen (secondary N) is 1. The van der Waals surface area contributed by atoms with E-state index in [4.69, 9.17) is 5.11 Å². The summed E-state index contributed by atoms with van der Waals surface area (Å²) >= 11 is 0. The molecule has 1 aromatic heterocycles. The number of benzene rings is 2. The van der Waals surface area contributed by atoms with E-state index in [0.29, 0.717) is 16.8 Å². The van der Waals surface area contributed by atoms with E-state index in [2.05, 4.69) is 10.3 Å². The standard InChI is InChI=1S/C20H16N2O3/c23-13-19(24)14-7-9-15(10-8-14)20(25)22-17-5-3-4-16(12-17)18-6-1-2-11-21-18/h1-12,23H,13H2,(H,22,25). The van der Waals surface area contributed by atoms with Crippen molar-refractivity contribution < 1.29 is 14.7 Å². The van der Waals surface area contributed by atoms with Gasteiger partial charge in [0.05, 0.1) is 5.69 Å². The second-order valence-corrected chi connectivity index (χ2v) is 5.41. The van der Waals surface area contributed by atoms with Gasteiger partial charge in [0.1, 0.15) is 6.61 Å². The maximum absolute atomic E-state index is 12.4. The molecule has 0 atom stereocenters. The Morgan fingerprint density at radius 2 is 1.68 bits per heavy atom. The van der Waals surface area contributed by atoms with E-state index < -0.39 is 6.61 Å². The van der Waals surface area contributed by atoms with E-state index in [1.54, 1.807) is 24.4 Å². The highest BCUT2D eigenvalue weighted by Crippen LogP contribution is 2.21. The second kappa shape index (κ2) is 7.51. The number of hydrogen-bond acceptors (Lipinski definition) is 4. The second-order valence-electron chi connectivity index (χ2n) is 5.41. The molecule has 0 unspecified atom stereocenters. The highest BCUT2D eigenvalue weighted by atomic mass is 16.3. The molecule has 0 saturated carbocycles. The molecule has 0 aliphatic rings. The highest BCUT2D eigenvalue weighted by molar-refractivity contribution is 6.05. The van der Waals surface area contributed by atoms with Crippen LogP contribution in [-0.2, 0) is 0 Å². The molecule has 124 valence electrons. The fourth-order valence-corrected chi connectivity index (χ4v) is 2.39. The molecule has 25 heavy (non-hydrogen) atoms. The summed E-state index contributed by atoms with van der Waals surface area (Å²) in [5.74, 6) is -0.656. The lowest BCUT2D eigenvalue weighted by atomic mass is 10.1.